The van der Waals surface area contributed by atoms with E-state index in [-0.39, 0.29) is 0 Å². The minimum absolute atomic E-state index is 0.461. The van der Waals surface area contributed by atoms with Crippen LogP contribution in [0.2, 0.25) is 0 Å². The zero-order valence-corrected chi connectivity index (χ0v) is 11.5. The van der Waals surface area contributed by atoms with Crippen LogP contribution < -0.4 is 15.8 Å². The lowest BCUT2D eigenvalue weighted by Gasteiger charge is -2.22. The number of hydrogen-bond acceptors (Lipinski definition) is 5. The van der Waals surface area contributed by atoms with Crippen molar-refractivity contribution in [3.05, 3.63) is 5.82 Å². The summed E-state index contributed by atoms with van der Waals surface area (Å²) in [7, 11) is 1.62. The highest BCUT2D eigenvalue weighted by Gasteiger charge is 2.26. The first-order valence-electron chi connectivity index (χ1n) is 7.26. The zero-order valence-electron chi connectivity index (χ0n) is 11.5. The average Bonchev–Trinajstić information content (AvgIpc) is 3.26. The van der Waals surface area contributed by atoms with Crippen molar-refractivity contribution in [2.75, 3.05) is 18.2 Å². The molecule has 5 heteroatoms. The highest BCUT2D eigenvalue weighted by atomic mass is 16.5. The van der Waals surface area contributed by atoms with Gasteiger partial charge in [0.2, 0.25) is 5.88 Å². The number of nitrogens with zero attached hydrogens (tertiary/aromatic N) is 2. The first kappa shape index (κ1) is 12.5. The summed E-state index contributed by atoms with van der Waals surface area (Å²) < 4.78 is 5.30. The predicted molar refractivity (Wildman–Crippen MR) is 75.5 cm³/mol. The van der Waals surface area contributed by atoms with Crippen molar-refractivity contribution in [3.63, 3.8) is 0 Å². The molecule has 2 aliphatic carbocycles. The third kappa shape index (κ3) is 2.74. The van der Waals surface area contributed by atoms with Gasteiger partial charge in [-0.05, 0) is 25.7 Å². The highest BCUT2D eigenvalue weighted by molar-refractivity contribution is 5.67. The van der Waals surface area contributed by atoms with Crippen LogP contribution in [0, 0.1) is 0 Å². The molecule has 3 N–H and O–H groups in total. The molecule has 19 heavy (non-hydrogen) atoms. The molecule has 0 radical (unpaired) electrons. The average molecular weight is 262 g/mol. The van der Waals surface area contributed by atoms with Crippen LogP contribution in [0.5, 0.6) is 5.88 Å². The van der Waals surface area contributed by atoms with E-state index in [2.05, 4.69) is 15.3 Å². The Morgan fingerprint density at radius 1 is 1.11 bits per heavy atom. The fourth-order valence-electron chi connectivity index (χ4n) is 2.70. The second-order valence-electron chi connectivity index (χ2n) is 5.61. The van der Waals surface area contributed by atoms with Crippen molar-refractivity contribution in [2.24, 2.45) is 0 Å². The van der Waals surface area contributed by atoms with E-state index in [0.29, 0.717) is 23.5 Å². The van der Waals surface area contributed by atoms with Gasteiger partial charge in [0, 0.05) is 12.0 Å². The quantitative estimate of drug-likeness (QED) is 0.872. The first-order chi connectivity index (χ1) is 9.28. The summed E-state index contributed by atoms with van der Waals surface area (Å²) in [4.78, 5) is 9.16. The molecule has 2 fully saturated rings. The van der Waals surface area contributed by atoms with E-state index in [9.17, 15) is 0 Å². The zero-order chi connectivity index (χ0) is 13.2. The number of nitrogens with one attached hydrogen (secondary N) is 1. The van der Waals surface area contributed by atoms with E-state index in [0.717, 1.165) is 11.6 Å². The molecule has 0 unspecified atom stereocenters. The summed E-state index contributed by atoms with van der Waals surface area (Å²) in [6.07, 6.45) is 8.62. The number of anilines is 2. The second-order valence-corrected chi connectivity index (χ2v) is 5.61. The van der Waals surface area contributed by atoms with Crippen LogP contribution in [0.1, 0.15) is 56.7 Å². The summed E-state index contributed by atoms with van der Waals surface area (Å²) >= 11 is 0. The Kier molecular flexibility index (Phi) is 3.44. The van der Waals surface area contributed by atoms with Gasteiger partial charge in [0.05, 0.1) is 7.11 Å². The van der Waals surface area contributed by atoms with E-state index in [1.807, 2.05) is 0 Å². The standard InChI is InChI=1S/C14H22N4O/c1-19-14-11(15)13(16-10-7-8-10)17-12(18-14)9-5-3-2-4-6-9/h9-10H,2-8,15H2,1H3,(H,16,17,18). The molecule has 0 amide bonds. The smallest absolute Gasteiger partial charge is 0.242 e. The minimum atomic E-state index is 0.461. The topological polar surface area (TPSA) is 73.1 Å². The van der Waals surface area contributed by atoms with Gasteiger partial charge in [-0.1, -0.05) is 19.3 Å². The normalized spacial score (nSPS) is 20.3. The molecule has 1 aromatic heterocycles. The number of hydrogen-bond donors (Lipinski definition) is 2. The van der Waals surface area contributed by atoms with Crippen molar-refractivity contribution < 1.29 is 4.74 Å². The van der Waals surface area contributed by atoms with Gasteiger partial charge in [-0.15, -0.1) is 0 Å². The molecule has 5 nitrogen and oxygen atoms in total. The number of nitrogens with two attached hydrogens (primary N) is 1. The van der Waals surface area contributed by atoms with Crippen LogP contribution in [0.25, 0.3) is 0 Å². The summed E-state index contributed by atoms with van der Waals surface area (Å²) in [5.74, 6) is 2.63. The van der Waals surface area contributed by atoms with E-state index in [1.165, 1.54) is 44.9 Å². The predicted octanol–water partition coefficient (Wildman–Crippen LogP) is 2.69. The monoisotopic (exact) mass is 262 g/mol. The van der Waals surface area contributed by atoms with Gasteiger partial charge in [0.1, 0.15) is 11.5 Å². The van der Waals surface area contributed by atoms with E-state index in [4.69, 9.17) is 10.5 Å². The van der Waals surface area contributed by atoms with Gasteiger partial charge < -0.3 is 15.8 Å². The van der Waals surface area contributed by atoms with E-state index >= 15 is 0 Å². The van der Waals surface area contributed by atoms with Gasteiger partial charge in [-0.2, -0.15) is 4.98 Å². The molecule has 1 heterocycles. The maximum absolute atomic E-state index is 6.06. The number of rotatable bonds is 4. The minimum Gasteiger partial charge on any atom is -0.479 e. The summed E-state index contributed by atoms with van der Waals surface area (Å²) in [6, 6.07) is 0.529. The van der Waals surface area contributed by atoms with Crippen molar-refractivity contribution >= 4 is 11.5 Å². The largest absolute Gasteiger partial charge is 0.479 e. The lowest BCUT2D eigenvalue weighted by atomic mass is 9.88. The lowest BCUT2D eigenvalue weighted by molar-refractivity contribution is 0.385. The Bertz CT molecular complexity index is 453. The van der Waals surface area contributed by atoms with Crippen LogP contribution in [0.4, 0.5) is 11.5 Å². The van der Waals surface area contributed by atoms with E-state index in [1.54, 1.807) is 7.11 Å². The summed E-state index contributed by atoms with van der Waals surface area (Å²) in [6.45, 7) is 0. The molecule has 0 spiro atoms. The maximum atomic E-state index is 6.06. The summed E-state index contributed by atoms with van der Waals surface area (Å²) in [5.41, 5.74) is 6.59. The lowest BCUT2D eigenvalue weighted by Crippen LogP contribution is -2.14. The van der Waals surface area contributed by atoms with Crippen molar-refractivity contribution in [1.29, 1.82) is 0 Å². The van der Waals surface area contributed by atoms with Gasteiger partial charge in [-0.25, -0.2) is 4.98 Å². The van der Waals surface area contributed by atoms with Gasteiger partial charge in [0.15, 0.2) is 5.82 Å². The molecule has 0 atom stereocenters. The van der Waals surface area contributed by atoms with Gasteiger partial charge in [-0.3, -0.25) is 0 Å². The van der Waals surface area contributed by atoms with E-state index < -0.39 is 0 Å². The molecule has 0 aromatic carbocycles. The molecule has 0 saturated heterocycles. The molecule has 0 bridgehead atoms. The highest BCUT2D eigenvalue weighted by Crippen LogP contribution is 2.36. The van der Waals surface area contributed by atoms with Crippen molar-refractivity contribution in [2.45, 2.75) is 56.9 Å². The molecular formula is C14H22N4O. The second kappa shape index (κ2) is 5.23. The fraction of sp³-hybridized carbons (Fsp3) is 0.714. The number of aromatic nitrogens is 2. The molecule has 1 aromatic rings. The van der Waals surface area contributed by atoms with Crippen LogP contribution in [-0.4, -0.2) is 23.1 Å². The molecule has 104 valence electrons. The van der Waals surface area contributed by atoms with Crippen molar-refractivity contribution in [1.82, 2.24) is 9.97 Å². The Morgan fingerprint density at radius 3 is 2.47 bits per heavy atom. The van der Waals surface area contributed by atoms with Gasteiger partial charge in [0.25, 0.3) is 0 Å². The summed E-state index contributed by atoms with van der Waals surface area (Å²) in [5, 5.41) is 3.38. The number of ether oxygens (including phenoxy) is 1. The molecule has 0 aliphatic heterocycles. The SMILES string of the molecule is COc1nc(C2CCCCC2)nc(NC2CC2)c1N. The van der Waals surface area contributed by atoms with Crippen molar-refractivity contribution in [3.8, 4) is 5.88 Å². The van der Waals surface area contributed by atoms with Crippen LogP contribution in [0.3, 0.4) is 0 Å². The van der Waals surface area contributed by atoms with Crippen LogP contribution >= 0.6 is 0 Å². The molecule has 3 rings (SSSR count). The third-order valence-electron chi connectivity index (χ3n) is 4.01. The molecule has 2 aliphatic rings. The Labute approximate surface area is 114 Å². The fourth-order valence-corrected chi connectivity index (χ4v) is 2.70. The number of nitrogen functional groups attached to an aromatic ring is 1. The van der Waals surface area contributed by atoms with Crippen LogP contribution in [-0.2, 0) is 0 Å². The number of methoxy groups -OCH3 is 1. The first-order valence-corrected chi connectivity index (χ1v) is 7.26. The maximum Gasteiger partial charge on any atom is 0.242 e. The third-order valence-corrected chi connectivity index (χ3v) is 4.01. The molecule has 2 saturated carbocycles. The van der Waals surface area contributed by atoms with Crippen LogP contribution in [0.15, 0.2) is 0 Å². The Morgan fingerprint density at radius 2 is 1.84 bits per heavy atom. The van der Waals surface area contributed by atoms with Gasteiger partial charge >= 0.3 is 0 Å². The Hall–Kier alpha value is -1.52. The Balaban J connectivity index is 1.89. The molecular weight excluding hydrogens is 240 g/mol.